The van der Waals surface area contributed by atoms with E-state index in [4.69, 9.17) is 11.6 Å². The Morgan fingerprint density at radius 1 is 1.29 bits per heavy atom. The SMILES string of the molecule is Cc1ccc(NC(=O)C2CNCc3ccccc32)c(Cl)c1. The van der Waals surface area contributed by atoms with Crippen molar-refractivity contribution < 1.29 is 4.79 Å². The van der Waals surface area contributed by atoms with E-state index < -0.39 is 0 Å². The number of carbonyl (C=O) groups excluding carboxylic acids is 1. The third-order valence-corrected chi connectivity index (χ3v) is 4.11. The lowest BCUT2D eigenvalue weighted by Crippen LogP contribution is -2.35. The van der Waals surface area contributed by atoms with E-state index in [1.807, 2.05) is 43.3 Å². The highest BCUT2D eigenvalue weighted by molar-refractivity contribution is 6.33. The summed E-state index contributed by atoms with van der Waals surface area (Å²) in [5.41, 5.74) is 4.01. The lowest BCUT2D eigenvalue weighted by atomic mass is 9.90. The van der Waals surface area contributed by atoms with Crippen LogP contribution in [0, 0.1) is 6.92 Å². The van der Waals surface area contributed by atoms with Gasteiger partial charge in [-0.2, -0.15) is 0 Å². The molecule has 1 heterocycles. The molecule has 0 saturated carbocycles. The Balaban J connectivity index is 1.83. The normalized spacial score (nSPS) is 17.1. The van der Waals surface area contributed by atoms with Gasteiger partial charge >= 0.3 is 0 Å². The smallest absolute Gasteiger partial charge is 0.233 e. The molecule has 0 fully saturated rings. The highest BCUT2D eigenvalue weighted by Gasteiger charge is 2.26. The van der Waals surface area contributed by atoms with E-state index >= 15 is 0 Å². The van der Waals surface area contributed by atoms with E-state index in [1.165, 1.54) is 5.56 Å². The Hall–Kier alpha value is -1.84. The molecule has 0 saturated heterocycles. The van der Waals surface area contributed by atoms with Crippen LogP contribution in [0.25, 0.3) is 0 Å². The predicted molar refractivity (Wildman–Crippen MR) is 85.7 cm³/mol. The molecule has 0 aliphatic carbocycles. The summed E-state index contributed by atoms with van der Waals surface area (Å²) in [6.45, 7) is 3.43. The zero-order chi connectivity index (χ0) is 14.8. The van der Waals surface area contributed by atoms with Gasteiger partial charge in [-0.25, -0.2) is 0 Å². The van der Waals surface area contributed by atoms with E-state index in [0.29, 0.717) is 17.3 Å². The second-order valence-corrected chi connectivity index (χ2v) is 5.76. The molecule has 108 valence electrons. The van der Waals surface area contributed by atoms with Crippen LogP contribution in [0.3, 0.4) is 0 Å². The number of fused-ring (bicyclic) bond motifs is 1. The summed E-state index contributed by atoms with van der Waals surface area (Å²) < 4.78 is 0. The minimum atomic E-state index is -0.188. The van der Waals surface area contributed by atoms with Crippen molar-refractivity contribution in [3.8, 4) is 0 Å². The van der Waals surface area contributed by atoms with Crippen LogP contribution in [-0.4, -0.2) is 12.5 Å². The van der Waals surface area contributed by atoms with Crippen molar-refractivity contribution in [1.82, 2.24) is 5.32 Å². The first kappa shape index (κ1) is 14.1. The molecule has 1 aliphatic rings. The van der Waals surface area contributed by atoms with Gasteiger partial charge in [0.25, 0.3) is 0 Å². The van der Waals surface area contributed by atoms with Crippen LogP contribution in [0.1, 0.15) is 22.6 Å². The summed E-state index contributed by atoms with van der Waals surface area (Å²) in [5, 5.41) is 6.79. The summed E-state index contributed by atoms with van der Waals surface area (Å²) >= 11 is 6.18. The van der Waals surface area contributed by atoms with Gasteiger partial charge in [0.2, 0.25) is 5.91 Å². The van der Waals surface area contributed by atoms with Gasteiger partial charge in [-0.15, -0.1) is 0 Å². The lowest BCUT2D eigenvalue weighted by Gasteiger charge is -2.25. The molecule has 0 radical (unpaired) electrons. The Bertz CT molecular complexity index is 684. The second kappa shape index (κ2) is 5.88. The van der Waals surface area contributed by atoms with Gasteiger partial charge in [-0.1, -0.05) is 41.9 Å². The maximum absolute atomic E-state index is 12.6. The fraction of sp³-hybridized carbons (Fsp3) is 0.235. The maximum Gasteiger partial charge on any atom is 0.233 e. The number of hydrogen-bond acceptors (Lipinski definition) is 2. The molecule has 0 spiro atoms. The maximum atomic E-state index is 12.6. The van der Waals surface area contributed by atoms with E-state index in [1.54, 1.807) is 0 Å². The van der Waals surface area contributed by atoms with Crippen LogP contribution in [0.5, 0.6) is 0 Å². The molecule has 2 aromatic rings. The van der Waals surface area contributed by atoms with Crippen molar-refractivity contribution in [2.75, 3.05) is 11.9 Å². The molecule has 2 aromatic carbocycles. The molecule has 1 amide bonds. The third-order valence-electron chi connectivity index (χ3n) is 3.79. The van der Waals surface area contributed by atoms with Gasteiger partial charge in [0, 0.05) is 13.1 Å². The fourth-order valence-corrected chi connectivity index (χ4v) is 2.95. The van der Waals surface area contributed by atoms with E-state index in [2.05, 4.69) is 16.7 Å². The third kappa shape index (κ3) is 2.94. The van der Waals surface area contributed by atoms with Gasteiger partial charge in [0.1, 0.15) is 0 Å². The van der Waals surface area contributed by atoms with Crippen molar-refractivity contribution >= 4 is 23.2 Å². The van der Waals surface area contributed by atoms with Crippen molar-refractivity contribution in [2.24, 2.45) is 0 Å². The highest BCUT2D eigenvalue weighted by atomic mass is 35.5. The summed E-state index contributed by atoms with van der Waals surface area (Å²) in [6.07, 6.45) is 0. The molecule has 2 N–H and O–H groups in total. The molecule has 1 unspecified atom stereocenters. The molecule has 4 heteroatoms. The summed E-state index contributed by atoms with van der Waals surface area (Å²) in [5.74, 6) is -0.215. The number of benzene rings is 2. The van der Waals surface area contributed by atoms with Gasteiger partial charge in [-0.3, -0.25) is 4.79 Å². The second-order valence-electron chi connectivity index (χ2n) is 5.35. The van der Waals surface area contributed by atoms with Crippen LogP contribution in [0.4, 0.5) is 5.69 Å². The van der Waals surface area contributed by atoms with E-state index in [9.17, 15) is 4.79 Å². The van der Waals surface area contributed by atoms with Gasteiger partial charge in [0.05, 0.1) is 16.6 Å². The Kier molecular flexibility index (Phi) is 3.95. The van der Waals surface area contributed by atoms with Gasteiger partial charge in [-0.05, 0) is 35.7 Å². The van der Waals surface area contributed by atoms with Crippen LogP contribution in [0.2, 0.25) is 5.02 Å². The largest absolute Gasteiger partial charge is 0.324 e. The molecule has 0 bridgehead atoms. The average molecular weight is 301 g/mol. The van der Waals surface area contributed by atoms with Crippen LogP contribution in [0.15, 0.2) is 42.5 Å². The number of aryl methyl sites for hydroxylation is 1. The number of carbonyl (C=O) groups is 1. The summed E-state index contributed by atoms with van der Waals surface area (Å²) in [7, 11) is 0. The number of anilines is 1. The van der Waals surface area contributed by atoms with Crippen molar-refractivity contribution in [3.05, 3.63) is 64.2 Å². The van der Waals surface area contributed by atoms with E-state index in [-0.39, 0.29) is 11.8 Å². The molecule has 1 aliphatic heterocycles. The molecular weight excluding hydrogens is 284 g/mol. The quantitative estimate of drug-likeness (QED) is 0.891. The molecule has 1 atom stereocenters. The van der Waals surface area contributed by atoms with Crippen molar-refractivity contribution in [3.63, 3.8) is 0 Å². The minimum absolute atomic E-state index is 0.0274. The average Bonchev–Trinajstić information content (AvgIpc) is 2.49. The molecule has 0 aromatic heterocycles. The fourth-order valence-electron chi connectivity index (χ4n) is 2.67. The van der Waals surface area contributed by atoms with Gasteiger partial charge in [0.15, 0.2) is 0 Å². The highest BCUT2D eigenvalue weighted by Crippen LogP contribution is 2.27. The van der Waals surface area contributed by atoms with Crippen molar-refractivity contribution in [2.45, 2.75) is 19.4 Å². The zero-order valence-electron chi connectivity index (χ0n) is 11.8. The molecule has 3 nitrogen and oxygen atoms in total. The summed E-state index contributed by atoms with van der Waals surface area (Å²) in [6, 6.07) is 13.7. The first-order chi connectivity index (χ1) is 10.1. The molecule has 3 rings (SSSR count). The topological polar surface area (TPSA) is 41.1 Å². The van der Waals surface area contributed by atoms with Crippen LogP contribution >= 0.6 is 11.6 Å². The molecular formula is C17H17ClN2O. The lowest BCUT2D eigenvalue weighted by molar-refractivity contribution is -0.117. The standard InChI is InChI=1S/C17H17ClN2O/c1-11-6-7-16(15(18)8-11)20-17(21)14-10-19-9-12-4-2-3-5-13(12)14/h2-8,14,19H,9-10H2,1H3,(H,20,21). The van der Waals surface area contributed by atoms with Crippen molar-refractivity contribution in [1.29, 1.82) is 0 Å². The summed E-state index contributed by atoms with van der Waals surface area (Å²) in [4.78, 5) is 12.6. The Morgan fingerprint density at radius 3 is 2.90 bits per heavy atom. The van der Waals surface area contributed by atoms with Crippen LogP contribution < -0.4 is 10.6 Å². The first-order valence-electron chi connectivity index (χ1n) is 7.00. The van der Waals surface area contributed by atoms with Crippen LogP contribution in [-0.2, 0) is 11.3 Å². The number of hydrogen-bond donors (Lipinski definition) is 2. The minimum Gasteiger partial charge on any atom is -0.324 e. The first-order valence-corrected chi connectivity index (χ1v) is 7.38. The Morgan fingerprint density at radius 2 is 2.10 bits per heavy atom. The van der Waals surface area contributed by atoms with Gasteiger partial charge < -0.3 is 10.6 Å². The number of amides is 1. The Labute approximate surface area is 129 Å². The molecule has 21 heavy (non-hydrogen) atoms. The number of halogens is 1. The number of nitrogens with one attached hydrogen (secondary N) is 2. The monoisotopic (exact) mass is 300 g/mol. The number of rotatable bonds is 2. The predicted octanol–water partition coefficient (Wildman–Crippen LogP) is 3.47. The zero-order valence-corrected chi connectivity index (χ0v) is 12.6. The van der Waals surface area contributed by atoms with E-state index in [0.717, 1.165) is 17.7 Å².